The molecule has 102 valence electrons. The van der Waals surface area contributed by atoms with Crippen LogP contribution in [-0.2, 0) is 15.2 Å². The van der Waals surface area contributed by atoms with E-state index in [-0.39, 0.29) is 12.2 Å². The molecule has 1 aliphatic rings. The first kappa shape index (κ1) is 14.5. The van der Waals surface area contributed by atoms with E-state index in [1.54, 1.807) is 18.2 Å². The fourth-order valence-corrected chi connectivity index (χ4v) is 2.89. The molecule has 1 N–H and O–H groups in total. The van der Waals surface area contributed by atoms with Crippen LogP contribution in [0.15, 0.2) is 18.2 Å². The van der Waals surface area contributed by atoms with E-state index in [2.05, 4.69) is 15.9 Å². The Morgan fingerprint density at radius 2 is 2.21 bits per heavy atom. The fourth-order valence-electron chi connectivity index (χ4n) is 2.36. The van der Waals surface area contributed by atoms with E-state index in [0.29, 0.717) is 28.1 Å². The summed E-state index contributed by atoms with van der Waals surface area (Å²) in [6.07, 6.45) is -0.238. The van der Waals surface area contributed by atoms with Crippen LogP contribution in [0.5, 0.6) is 0 Å². The maximum absolute atomic E-state index is 12.4. The lowest BCUT2D eigenvalue weighted by atomic mass is 9.90. The second-order valence-electron chi connectivity index (χ2n) is 4.55. The number of rotatable bonds is 4. The van der Waals surface area contributed by atoms with Gasteiger partial charge in [-0.05, 0) is 25.1 Å². The fraction of sp³-hybridized carbons (Fsp3) is 0.385. The topological polar surface area (TPSA) is 57.6 Å². The number of Topliss-reactive ketones (excluding diaryl/α,β-unsaturated/α-hetero) is 1. The molecule has 0 saturated carbocycles. The van der Waals surface area contributed by atoms with Crippen molar-refractivity contribution in [2.45, 2.75) is 18.9 Å². The summed E-state index contributed by atoms with van der Waals surface area (Å²) < 4.78 is 0. The normalized spacial score (nSPS) is 21.7. The number of nitrogens with zero attached hydrogens (tertiary/aromatic N) is 1. The molecule has 0 saturated heterocycles. The van der Waals surface area contributed by atoms with Gasteiger partial charge in [-0.15, -0.1) is 0 Å². The Bertz CT molecular complexity index is 549. The van der Waals surface area contributed by atoms with E-state index < -0.39 is 11.5 Å². The molecule has 2 rings (SSSR count). The summed E-state index contributed by atoms with van der Waals surface area (Å²) >= 11 is 9.20. The summed E-state index contributed by atoms with van der Waals surface area (Å²) in [5.41, 5.74) is -0.785. The number of halogens is 2. The number of carbonyl (C=O) groups is 2. The standard InChI is InChI=1S/C13H13BrClNO3/c1-8(17)7-13(19)10-6-9(15)2-3-11(10)16(5-4-14)12(13)18/h2-3,6,19H,4-5,7H2,1H3. The van der Waals surface area contributed by atoms with Crippen molar-refractivity contribution in [3.05, 3.63) is 28.8 Å². The predicted octanol–water partition coefficient (Wildman–Crippen LogP) is 2.25. The van der Waals surface area contributed by atoms with Gasteiger partial charge in [0, 0.05) is 28.9 Å². The summed E-state index contributed by atoms with van der Waals surface area (Å²) in [4.78, 5) is 25.2. The first-order valence-corrected chi connectivity index (χ1v) is 7.30. The number of carbonyl (C=O) groups excluding carboxylic acids is 2. The Labute approximate surface area is 124 Å². The Kier molecular flexibility index (Phi) is 3.99. The predicted molar refractivity (Wildman–Crippen MR) is 76.8 cm³/mol. The average molecular weight is 347 g/mol. The molecule has 1 unspecified atom stereocenters. The molecule has 1 heterocycles. The molecule has 19 heavy (non-hydrogen) atoms. The quantitative estimate of drug-likeness (QED) is 0.851. The maximum atomic E-state index is 12.4. The first-order chi connectivity index (χ1) is 8.90. The number of aliphatic hydroxyl groups is 1. The van der Waals surface area contributed by atoms with Crippen molar-refractivity contribution in [1.82, 2.24) is 0 Å². The number of ketones is 1. The zero-order chi connectivity index (χ0) is 14.2. The Morgan fingerprint density at radius 1 is 1.53 bits per heavy atom. The van der Waals surface area contributed by atoms with Crippen LogP contribution in [0, 0.1) is 0 Å². The Hall–Kier alpha value is -0.910. The molecule has 1 aromatic rings. The van der Waals surface area contributed by atoms with Crippen LogP contribution in [0.1, 0.15) is 18.9 Å². The molecule has 1 aliphatic heterocycles. The lowest BCUT2D eigenvalue weighted by molar-refractivity contribution is -0.141. The van der Waals surface area contributed by atoms with Gasteiger partial charge in [-0.2, -0.15) is 0 Å². The molecule has 0 radical (unpaired) electrons. The summed E-state index contributed by atoms with van der Waals surface area (Å²) in [6.45, 7) is 1.77. The number of hydrogen-bond acceptors (Lipinski definition) is 3. The molecule has 0 aliphatic carbocycles. The van der Waals surface area contributed by atoms with Crippen LogP contribution >= 0.6 is 27.5 Å². The third kappa shape index (κ3) is 2.42. The van der Waals surface area contributed by atoms with E-state index in [1.807, 2.05) is 0 Å². The van der Waals surface area contributed by atoms with Gasteiger partial charge in [0.1, 0.15) is 5.78 Å². The average Bonchev–Trinajstić information content (AvgIpc) is 2.51. The molecule has 0 bridgehead atoms. The van der Waals surface area contributed by atoms with Crippen molar-refractivity contribution >= 4 is 44.9 Å². The highest BCUT2D eigenvalue weighted by molar-refractivity contribution is 9.09. The first-order valence-electron chi connectivity index (χ1n) is 5.80. The van der Waals surface area contributed by atoms with Gasteiger partial charge in [-0.1, -0.05) is 27.5 Å². The largest absolute Gasteiger partial charge is 0.375 e. The number of anilines is 1. The zero-order valence-electron chi connectivity index (χ0n) is 10.3. The Morgan fingerprint density at radius 3 is 2.79 bits per heavy atom. The molecule has 0 spiro atoms. The summed E-state index contributed by atoms with van der Waals surface area (Å²) in [5.74, 6) is -0.720. The van der Waals surface area contributed by atoms with Crippen molar-refractivity contribution in [3.63, 3.8) is 0 Å². The minimum absolute atomic E-state index is 0.238. The van der Waals surface area contributed by atoms with Gasteiger partial charge in [0.15, 0.2) is 5.60 Å². The van der Waals surface area contributed by atoms with Gasteiger partial charge < -0.3 is 10.0 Å². The van der Waals surface area contributed by atoms with Gasteiger partial charge >= 0.3 is 0 Å². The van der Waals surface area contributed by atoms with E-state index in [0.717, 1.165) is 0 Å². The summed E-state index contributed by atoms with van der Waals surface area (Å²) in [6, 6.07) is 4.90. The van der Waals surface area contributed by atoms with E-state index in [1.165, 1.54) is 11.8 Å². The molecule has 0 aromatic heterocycles. The highest BCUT2D eigenvalue weighted by Gasteiger charge is 2.50. The maximum Gasteiger partial charge on any atom is 0.264 e. The van der Waals surface area contributed by atoms with Gasteiger partial charge in [0.25, 0.3) is 5.91 Å². The van der Waals surface area contributed by atoms with Crippen molar-refractivity contribution in [2.24, 2.45) is 0 Å². The van der Waals surface area contributed by atoms with E-state index >= 15 is 0 Å². The monoisotopic (exact) mass is 345 g/mol. The lowest BCUT2D eigenvalue weighted by Crippen LogP contribution is -2.42. The number of hydrogen-bond donors (Lipinski definition) is 1. The molecule has 1 amide bonds. The van der Waals surface area contributed by atoms with Crippen LogP contribution in [0.25, 0.3) is 0 Å². The molecule has 1 atom stereocenters. The minimum atomic E-state index is -1.80. The summed E-state index contributed by atoms with van der Waals surface area (Å²) in [7, 11) is 0. The van der Waals surface area contributed by atoms with E-state index in [4.69, 9.17) is 11.6 Å². The molecule has 4 nitrogen and oxygen atoms in total. The number of amides is 1. The highest BCUT2D eigenvalue weighted by atomic mass is 79.9. The third-order valence-corrected chi connectivity index (χ3v) is 3.70. The van der Waals surface area contributed by atoms with Crippen LogP contribution < -0.4 is 4.90 Å². The highest BCUT2D eigenvalue weighted by Crippen LogP contribution is 2.43. The molecule has 1 aromatic carbocycles. The van der Waals surface area contributed by atoms with Crippen molar-refractivity contribution in [2.75, 3.05) is 16.8 Å². The van der Waals surface area contributed by atoms with Gasteiger partial charge in [0.05, 0.1) is 5.69 Å². The van der Waals surface area contributed by atoms with Gasteiger partial charge in [-0.25, -0.2) is 0 Å². The molecular formula is C13H13BrClNO3. The van der Waals surface area contributed by atoms with E-state index in [9.17, 15) is 14.7 Å². The molecular weight excluding hydrogens is 334 g/mol. The van der Waals surface area contributed by atoms with Crippen molar-refractivity contribution in [1.29, 1.82) is 0 Å². The van der Waals surface area contributed by atoms with Gasteiger partial charge in [-0.3, -0.25) is 9.59 Å². The minimum Gasteiger partial charge on any atom is -0.375 e. The van der Waals surface area contributed by atoms with Gasteiger partial charge in [0.2, 0.25) is 0 Å². The third-order valence-electron chi connectivity index (χ3n) is 3.11. The number of fused-ring (bicyclic) bond motifs is 1. The van der Waals surface area contributed by atoms with Crippen LogP contribution in [-0.4, -0.2) is 28.7 Å². The number of alkyl halides is 1. The van der Waals surface area contributed by atoms with Crippen molar-refractivity contribution < 1.29 is 14.7 Å². The van der Waals surface area contributed by atoms with Crippen LogP contribution in [0.4, 0.5) is 5.69 Å². The molecule has 0 fully saturated rings. The molecule has 6 heteroatoms. The second-order valence-corrected chi connectivity index (χ2v) is 5.78. The zero-order valence-corrected chi connectivity index (χ0v) is 12.7. The smallest absolute Gasteiger partial charge is 0.264 e. The van der Waals surface area contributed by atoms with Crippen molar-refractivity contribution in [3.8, 4) is 0 Å². The van der Waals surface area contributed by atoms with Crippen LogP contribution in [0.2, 0.25) is 5.02 Å². The number of benzene rings is 1. The summed E-state index contributed by atoms with van der Waals surface area (Å²) in [5, 5.41) is 11.6. The lowest BCUT2D eigenvalue weighted by Gasteiger charge is -2.21. The second kappa shape index (κ2) is 5.23. The van der Waals surface area contributed by atoms with Crippen LogP contribution in [0.3, 0.4) is 0 Å². The SMILES string of the molecule is CC(=O)CC1(O)C(=O)N(CCBr)c2ccc(Cl)cc21. The Balaban J connectivity index is 2.56.